The third-order valence-corrected chi connectivity index (χ3v) is 5.94. The van der Waals surface area contributed by atoms with E-state index in [4.69, 9.17) is 9.47 Å². The maximum absolute atomic E-state index is 13.1. The number of hydrogen-bond donors (Lipinski definition) is 0. The van der Waals surface area contributed by atoms with Gasteiger partial charge in [0.05, 0.1) is 5.69 Å². The zero-order valence-electron chi connectivity index (χ0n) is 18.1. The number of anilines is 1. The summed E-state index contributed by atoms with van der Waals surface area (Å²) >= 11 is 0. The summed E-state index contributed by atoms with van der Waals surface area (Å²) in [4.78, 5) is 41.7. The minimum absolute atomic E-state index is 0.135. The van der Waals surface area contributed by atoms with Crippen molar-refractivity contribution in [2.45, 2.75) is 18.9 Å². The molecule has 1 saturated heterocycles. The molecule has 3 amide bonds. The summed E-state index contributed by atoms with van der Waals surface area (Å²) in [5, 5.41) is 5.65. The van der Waals surface area contributed by atoms with Crippen molar-refractivity contribution in [2.75, 3.05) is 37.8 Å². The van der Waals surface area contributed by atoms with Gasteiger partial charge in [0.1, 0.15) is 12.3 Å². The summed E-state index contributed by atoms with van der Waals surface area (Å²) in [6, 6.07) is 16.3. The number of carbonyl (C=O) groups excluding carboxylic acids is 3. The third-order valence-electron chi connectivity index (χ3n) is 5.94. The molecular formula is C24H24N4O5. The van der Waals surface area contributed by atoms with E-state index >= 15 is 0 Å². The highest BCUT2D eigenvalue weighted by Crippen LogP contribution is 2.31. The highest BCUT2D eigenvalue weighted by molar-refractivity contribution is 6.40. The Morgan fingerprint density at radius 1 is 0.848 bits per heavy atom. The predicted octanol–water partition coefficient (Wildman–Crippen LogP) is 1.68. The van der Waals surface area contributed by atoms with Crippen LogP contribution in [-0.2, 0) is 14.4 Å². The fourth-order valence-corrected chi connectivity index (χ4v) is 4.14. The molecule has 33 heavy (non-hydrogen) atoms. The minimum Gasteiger partial charge on any atom is -0.485 e. The first-order valence-corrected chi connectivity index (χ1v) is 11.0. The van der Waals surface area contributed by atoms with Crippen LogP contribution in [0.15, 0.2) is 59.7 Å². The van der Waals surface area contributed by atoms with E-state index in [2.05, 4.69) is 5.10 Å². The van der Waals surface area contributed by atoms with Gasteiger partial charge in [-0.25, -0.2) is 5.01 Å². The smallest absolute Gasteiger partial charge is 0.270 e. The number of nitrogens with zero attached hydrogens (tertiary/aromatic N) is 4. The van der Waals surface area contributed by atoms with Gasteiger partial charge in [0, 0.05) is 39.0 Å². The van der Waals surface area contributed by atoms with Gasteiger partial charge >= 0.3 is 0 Å². The maximum atomic E-state index is 13.1. The number of rotatable bonds is 3. The molecule has 3 aliphatic rings. The van der Waals surface area contributed by atoms with Gasteiger partial charge in [0.2, 0.25) is 12.0 Å². The lowest BCUT2D eigenvalue weighted by Crippen LogP contribution is -2.56. The molecule has 0 radical (unpaired) electrons. The van der Waals surface area contributed by atoms with E-state index in [0.29, 0.717) is 55.5 Å². The van der Waals surface area contributed by atoms with Crippen LogP contribution in [0, 0.1) is 0 Å². The number of hydrogen-bond acceptors (Lipinski definition) is 6. The fraction of sp³-hybridized carbons (Fsp3) is 0.333. The summed E-state index contributed by atoms with van der Waals surface area (Å²) in [5.41, 5.74) is 0.998. The molecule has 0 saturated carbocycles. The number of ether oxygens (including phenoxy) is 2. The van der Waals surface area contributed by atoms with Crippen LogP contribution >= 0.6 is 0 Å². The van der Waals surface area contributed by atoms with Crippen molar-refractivity contribution in [1.82, 2.24) is 9.80 Å². The lowest BCUT2D eigenvalue weighted by atomic mass is 10.1. The number of amides is 3. The van der Waals surface area contributed by atoms with Crippen molar-refractivity contribution in [3.63, 3.8) is 0 Å². The Morgan fingerprint density at radius 2 is 1.52 bits per heavy atom. The third kappa shape index (κ3) is 4.26. The normalized spacial score (nSPS) is 20.4. The van der Waals surface area contributed by atoms with Crippen molar-refractivity contribution in [1.29, 1.82) is 0 Å². The lowest BCUT2D eigenvalue weighted by Gasteiger charge is -2.37. The van der Waals surface area contributed by atoms with Crippen LogP contribution in [0.4, 0.5) is 5.69 Å². The van der Waals surface area contributed by atoms with Crippen LogP contribution in [0.2, 0.25) is 0 Å². The van der Waals surface area contributed by atoms with E-state index in [1.165, 1.54) is 5.01 Å². The number of benzene rings is 2. The molecule has 3 heterocycles. The summed E-state index contributed by atoms with van der Waals surface area (Å²) in [7, 11) is 0. The Morgan fingerprint density at radius 3 is 2.27 bits per heavy atom. The maximum Gasteiger partial charge on any atom is 0.270 e. The monoisotopic (exact) mass is 448 g/mol. The van der Waals surface area contributed by atoms with Crippen molar-refractivity contribution in [2.24, 2.45) is 5.10 Å². The fourth-order valence-electron chi connectivity index (χ4n) is 4.14. The SMILES string of the molecule is O=C(C1=NN(c2ccccc2)C(=O)CC1)N1CCN(C(=O)[C@@H]2COc3ccccc3O2)CC1. The molecule has 2 aromatic rings. The van der Waals surface area contributed by atoms with Gasteiger partial charge in [-0.15, -0.1) is 0 Å². The molecule has 0 spiro atoms. The average Bonchev–Trinajstić information content (AvgIpc) is 2.88. The van der Waals surface area contributed by atoms with Gasteiger partial charge in [-0.05, 0) is 24.3 Å². The Kier molecular flexibility index (Phi) is 5.68. The molecule has 0 unspecified atom stereocenters. The van der Waals surface area contributed by atoms with E-state index in [-0.39, 0.29) is 30.7 Å². The van der Waals surface area contributed by atoms with Crippen LogP contribution in [0.3, 0.4) is 0 Å². The summed E-state index contributed by atoms with van der Waals surface area (Å²) < 4.78 is 11.5. The van der Waals surface area contributed by atoms with E-state index in [0.717, 1.165) is 0 Å². The molecule has 3 aliphatic heterocycles. The molecule has 0 aromatic heterocycles. The molecule has 0 aliphatic carbocycles. The van der Waals surface area contributed by atoms with Crippen LogP contribution < -0.4 is 14.5 Å². The van der Waals surface area contributed by atoms with Crippen molar-refractivity contribution in [3.8, 4) is 11.5 Å². The van der Waals surface area contributed by atoms with Crippen LogP contribution in [0.25, 0.3) is 0 Å². The zero-order chi connectivity index (χ0) is 22.8. The van der Waals surface area contributed by atoms with Gasteiger partial charge in [-0.3, -0.25) is 14.4 Å². The first-order chi connectivity index (χ1) is 16.1. The molecule has 9 heteroatoms. The number of para-hydroxylation sites is 3. The minimum atomic E-state index is -0.699. The van der Waals surface area contributed by atoms with E-state index in [1.807, 2.05) is 30.3 Å². The Labute approximate surface area is 191 Å². The predicted molar refractivity (Wildman–Crippen MR) is 120 cm³/mol. The van der Waals surface area contributed by atoms with Gasteiger partial charge in [-0.2, -0.15) is 5.10 Å². The standard InChI is InChI=1S/C24H24N4O5/c29-22-11-10-18(25-28(22)17-6-2-1-3-7-17)23(30)26-12-14-27(15-13-26)24(31)21-16-32-19-8-4-5-9-20(19)33-21/h1-9,21H,10-16H2/t21-/m0/s1. The second kappa shape index (κ2) is 8.93. The van der Waals surface area contributed by atoms with Gasteiger partial charge < -0.3 is 19.3 Å². The van der Waals surface area contributed by atoms with Crippen LogP contribution in [-0.4, -0.2) is 72.1 Å². The molecule has 5 rings (SSSR count). The quantitative estimate of drug-likeness (QED) is 0.713. The Hall–Kier alpha value is -3.88. The second-order valence-corrected chi connectivity index (χ2v) is 8.07. The highest BCUT2D eigenvalue weighted by Gasteiger charge is 2.35. The average molecular weight is 448 g/mol. The second-order valence-electron chi connectivity index (χ2n) is 8.07. The van der Waals surface area contributed by atoms with Gasteiger partial charge in [0.15, 0.2) is 11.5 Å². The van der Waals surface area contributed by atoms with Crippen molar-refractivity contribution < 1.29 is 23.9 Å². The largest absolute Gasteiger partial charge is 0.485 e. The Bertz CT molecular complexity index is 1100. The van der Waals surface area contributed by atoms with Crippen LogP contribution in [0.5, 0.6) is 11.5 Å². The zero-order valence-corrected chi connectivity index (χ0v) is 18.1. The molecule has 170 valence electrons. The number of piperazine rings is 1. The number of hydrazone groups is 1. The first-order valence-electron chi connectivity index (χ1n) is 11.0. The molecule has 1 fully saturated rings. The first kappa shape index (κ1) is 21.0. The summed E-state index contributed by atoms with van der Waals surface area (Å²) in [6.07, 6.45) is -0.152. The highest BCUT2D eigenvalue weighted by atomic mass is 16.6. The van der Waals surface area contributed by atoms with Gasteiger partial charge in [-0.1, -0.05) is 30.3 Å². The molecule has 0 N–H and O–H groups in total. The van der Waals surface area contributed by atoms with Crippen molar-refractivity contribution in [3.05, 3.63) is 54.6 Å². The van der Waals surface area contributed by atoms with E-state index in [9.17, 15) is 14.4 Å². The number of fused-ring (bicyclic) bond motifs is 1. The molecule has 1 atom stereocenters. The lowest BCUT2D eigenvalue weighted by molar-refractivity contribution is -0.144. The van der Waals surface area contributed by atoms with Crippen molar-refractivity contribution >= 4 is 29.1 Å². The Balaban J connectivity index is 1.20. The number of carbonyl (C=O) groups is 3. The molecule has 9 nitrogen and oxygen atoms in total. The summed E-state index contributed by atoms with van der Waals surface area (Å²) in [6.45, 7) is 1.76. The van der Waals surface area contributed by atoms with E-state index in [1.54, 1.807) is 34.1 Å². The molecular weight excluding hydrogens is 424 g/mol. The summed E-state index contributed by atoms with van der Waals surface area (Å²) in [5.74, 6) is 0.718. The van der Waals surface area contributed by atoms with Crippen LogP contribution in [0.1, 0.15) is 12.8 Å². The topological polar surface area (TPSA) is 91.8 Å². The molecule has 2 aromatic carbocycles. The molecule has 0 bridgehead atoms. The van der Waals surface area contributed by atoms with E-state index < -0.39 is 6.10 Å². The van der Waals surface area contributed by atoms with Gasteiger partial charge in [0.25, 0.3) is 11.8 Å².